The van der Waals surface area contributed by atoms with Crippen molar-refractivity contribution < 1.29 is 4.79 Å². The third-order valence-electron chi connectivity index (χ3n) is 5.76. The molecule has 0 aliphatic heterocycles. The zero-order valence-corrected chi connectivity index (χ0v) is 15.3. The third kappa shape index (κ3) is 3.26. The zero-order chi connectivity index (χ0) is 16.6. The van der Waals surface area contributed by atoms with Crippen molar-refractivity contribution >= 4 is 17.7 Å². The summed E-state index contributed by atoms with van der Waals surface area (Å²) in [6, 6.07) is 4.87. The monoisotopic (exact) mass is 333 g/mol. The van der Waals surface area contributed by atoms with Crippen LogP contribution in [0.4, 0.5) is 0 Å². The molecule has 2 unspecified atom stereocenters. The van der Waals surface area contributed by atoms with Gasteiger partial charge < -0.3 is 9.80 Å². The molecule has 126 valence electrons. The van der Waals surface area contributed by atoms with Gasteiger partial charge in [-0.3, -0.25) is 4.79 Å². The molecule has 0 radical (unpaired) electrons. The summed E-state index contributed by atoms with van der Waals surface area (Å²) in [5.41, 5.74) is 0.741. The Hall–Kier alpha value is -1.07. The summed E-state index contributed by atoms with van der Waals surface area (Å²) in [5, 5.41) is 0.829. The molecule has 4 atom stereocenters. The number of thioether (sulfide) groups is 1. The predicted octanol–water partition coefficient (Wildman–Crippen LogP) is 2.99. The molecule has 2 aliphatic rings. The Balaban J connectivity index is 1.66. The predicted molar refractivity (Wildman–Crippen MR) is 94.8 cm³/mol. The van der Waals surface area contributed by atoms with E-state index in [9.17, 15) is 4.79 Å². The van der Waals surface area contributed by atoms with E-state index >= 15 is 0 Å². The number of pyridine rings is 1. The van der Waals surface area contributed by atoms with Gasteiger partial charge in [-0.25, -0.2) is 4.98 Å². The number of fused-ring (bicyclic) bond motifs is 1. The van der Waals surface area contributed by atoms with Gasteiger partial charge in [-0.2, -0.15) is 0 Å². The normalized spacial score (nSPS) is 29.8. The molecule has 1 aromatic rings. The fourth-order valence-electron chi connectivity index (χ4n) is 4.36. The first-order valence-electron chi connectivity index (χ1n) is 8.43. The Morgan fingerprint density at radius 1 is 1.13 bits per heavy atom. The maximum absolute atomic E-state index is 12.9. The largest absolute Gasteiger partial charge is 0.339 e. The number of nitrogens with zero attached hydrogens (tertiary/aromatic N) is 3. The Morgan fingerprint density at radius 3 is 2.30 bits per heavy atom. The number of rotatable bonds is 4. The molecule has 1 amide bonds. The van der Waals surface area contributed by atoms with Crippen molar-refractivity contribution in [1.82, 2.24) is 14.8 Å². The first kappa shape index (κ1) is 16.8. The molecule has 0 spiro atoms. The van der Waals surface area contributed by atoms with Crippen molar-refractivity contribution in [1.29, 1.82) is 0 Å². The summed E-state index contributed by atoms with van der Waals surface area (Å²) in [6.07, 6.45) is 8.63. The molecule has 1 aromatic heterocycles. The summed E-state index contributed by atoms with van der Waals surface area (Å²) < 4.78 is 0. The molecule has 5 heteroatoms. The number of aromatic nitrogens is 1. The summed E-state index contributed by atoms with van der Waals surface area (Å²) in [5.74, 6) is 1.70. The Labute approximate surface area is 143 Å². The molecule has 1 heterocycles. The minimum Gasteiger partial charge on any atom is -0.339 e. The van der Waals surface area contributed by atoms with E-state index in [1.54, 1.807) is 6.20 Å². The summed E-state index contributed by atoms with van der Waals surface area (Å²) >= 11 is 1.54. The van der Waals surface area contributed by atoms with Crippen LogP contribution in [0.1, 0.15) is 36.0 Å². The van der Waals surface area contributed by atoms with Gasteiger partial charge in [0.25, 0.3) is 5.91 Å². The van der Waals surface area contributed by atoms with Crippen molar-refractivity contribution in [2.24, 2.45) is 11.8 Å². The Morgan fingerprint density at radius 2 is 1.74 bits per heavy atom. The van der Waals surface area contributed by atoms with Crippen LogP contribution in [-0.4, -0.2) is 60.2 Å². The van der Waals surface area contributed by atoms with Crippen LogP contribution >= 0.6 is 11.8 Å². The van der Waals surface area contributed by atoms with E-state index in [2.05, 4.69) is 24.0 Å². The van der Waals surface area contributed by atoms with Gasteiger partial charge in [-0.1, -0.05) is 0 Å². The standard InChI is InChI=1S/C18H27N3OS/c1-20(2)14-8-12-10-15(11-13(12)9-14)21(3)18(22)16-6-5-7-19-17(16)23-4/h5-7,12-15H,8-11H2,1-4H3/t12-,13+,14?,15?. The second kappa shape index (κ2) is 6.81. The number of hydrogen-bond acceptors (Lipinski definition) is 4. The van der Waals surface area contributed by atoms with Crippen molar-refractivity contribution in [2.75, 3.05) is 27.4 Å². The molecule has 23 heavy (non-hydrogen) atoms. The van der Waals surface area contributed by atoms with Crippen LogP contribution in [0.2, 0.25) is 0 Å². The minimum atomic E-state index is 0.122. The van der Waals surface area contributed by atoms with Crippen LogP contribution in [0.3, 0.4) is 0 Å². The van der Waals surface area contributed by atoms with Crippen LogP contribution in [0, 0.1) is 11.8 Å². The van der Waals surface area contributed by atoms with Crippen molar-refractivity contribution in [3.8, 4) is 0 Å². The molecule has 2 saturated carbocycles. The zero-order valence-electron chi connectivity index (χ0n) is 14.5. The number of hydrogen-bond donors (Lipinski definition) is 0. The number of amides is 1. The van der Waals surface area contributed by atoms with Gasteiger partial charge in [-0.05, 0) is 70.0 Å². The number of carbonyl (C=O) groups excluding carboxylic acids is 1. The summed E-state index contributed by atoms with van der Waals surface area (Å²) in [4.78, 5) is 21.5. The van der Waals surface area contributed by atoms with E-state index in [4.69, 9.17) is 0 Å². The fraction of sp³-hybridized carbons (Fsp3) is 0.667. The molecule has 2 aliphatic carbocycles. The quantitative estimate of drug-likeness (QED) is 0.794. The molecule has 0 bridgehead atoms. The molecule has 0 aromatic carbocycles. The molecular formula is C18H27N3OS. The average molecular weight is 334 g/mol. The van der Waals surface area contributed by atoms with Gasteiger partial charge in [0.05, 0.1) is 5.56 Å². The van der Waals surface area contributed by atoms with E-state index in [-0.39, 0.29) is 5.91 Å². The van der Waals surface area contributed by atoms with Crippen LogP contribution in [0.5, 0.6) is 0 Å². The van der Waals surface area contributed by atoms with Gasteiger partial charge in [0, 0.05) is 25.3 Å². The lowest BCUT2D eigenvalue weighted by Gasteiger charge is -2.27. The highest BCUT2D eigenvalue weighted by Crippen LogP contribution is 2.46. The third-order valence-corrected chi connectivity index (χ3v) is 6.47. The lowest BCUT2D eigenvalue weighted by Crippen LogP contribution is -2.36. The molecule has 0 saturated heterocycles. The fourth-order valence-corrected chi connectivity index (χ4v) is 4.90. The van der Waals surface area contributed by atoms with E-state index in [0.717, 1.165) is 41.3 Å². The second-order valence-corrected chi connectivity index (χ2v) is 8.01. The van der Waals surface area contributed by atoms with Crippen LogP contribution in [-0.2, 0) is 0 Å². The lowest BCUT2D eigenvalue weighted by molar-refractivity contribution is 0.0722. The topological polar surface area (TPSA) is 36.4 Å². The molecule has 0 N–H and O–H groups in total. The molecule has 4 nitrogen and oxygen atoms in total. The number of carbonyl (C=O) groups is 1. The summed E-state index contributed by atoms with van der Waals surface area (Å²) in [7, 11) is 6.34. The van der Waals surface area contributed by atoms with Crippen LogP contribution in [0.15, 0.2) is 23.4 Å². The molecular weight excluding hydrogens is 306 g/mol. The van der Waals surface area contributed by atoms with Crippen molar-refractivity contribution in [3.63, 3.8) is 0 Å². The van der Waals surface area contributed by atoms with Crippen LogP contribution in [0.25, 0.3) is 0 Å². The highest BCUT2D eigenvalue weighted by atomic mass is 32.2. The van der Waals surface area contributed by atoms with Crippen molar-refractivity contribution in [2.45, 2.75) is 42.8 Å². The first-order chi connectivity index (χ1) is 11.0. The summed E-state index contributed by atoms with van der Waals surface area (Å²) in [6.45, 7) is 0. The van der Waals surface area contributed by atoms with Crippen molar-refractivity contribution in [3.05, 3.63) is 23.9 Å². The van der Waals surface area contributed by atoms with Gasteiger partial charge in [0.15, 0.2) is 0 Å². The smallest absolute Gasteiger partial charge is 0.256 e. The van der Waals surface area contributed by atoms with Gasteiger partial charge in [-0.15, -0.1) is 11.8 Å². The lowest BCUT2D eigenvalue weighted by atomic mass is 10.0. The maximum atomic E-state index is 12.9. The van der Waals surface area contributed by atoms with E-state index in [1.807, 2.05) is 30.3 Å². The maximum Gasteiger partial charge on any atom is 0.256 e. The SMILES string of the molecule is CSc1ncccc1C(=O)N(C)C1C[C@H]2CC(N(C)C)C[C@H]2C1. The Bertz CT molecular complexity index is 563. The van der Waals surface area contributed by atoms with Gasteiger partial charge in [0.2, 0.25) is 0 Å². The Kier molecular flexibility index (Phi) is 4.97. The van der Waals surface area contributed by atoms with Gasteiger partial charge >= 0.3 is 0 Å². The highest BCUT2D eigenvalue weighted by Gasteiger charge is 2.44. The van der Waals surface area contributed by atoms with Gasteiger partial charge in [0.1, 0.15) is 5.03 Å². The highest BCUT2D eigenvalue weighted by molar-refractivity contribution is 7.98. The van der Waals surface area contributed by atoms with E-state index in [0.29, 0.717) is 6.04 Å². The minimum absolute atomic E-state index is 0.122. The average Bonchev–Trinajstić information content (AvgIpc) is 3.12. The molecule has 2 fully saturated rings. The van der Waals surface area contributed by atoms with Crippen LogP contribution < -0.4 is 0 Å². The first-order valence-corrected chi connectivity index (χ1v) is 9.66. The van der Waals surface area contributed by atoms with E-state index in [1.165, 1.54) is 24.6 Å². The molecule has 3 rings (SSSR count). The van der Waals surface area contributed by atoms with E-state index < -0.39 is 0 Å². The second-order valence-electron chi connectivity index (χ2n) is 7.21.